The third-order valence-corrected chi connectivity index (χ3v) is 6.56. The minimum atomic E-state index is -3.96. The summed E-state index contributed by atoms with van der Waals surface area (Å²) in [7, 11) is -2.45. The van der Waals surface area contributed by atoms with Crippen molar-refractivity contribution < 1.29 is 17.9 Å². The standard InChI is InChI=1S/C23H24N2O4S/c1-17-9-10-19(15-18(17)2)24-23(26)16-25(20-7-5-4-6-8-20)30(27,28)22-13-11-21(29-3)12-14-22/h4-15H,16H2,1-3H3,(H,24,26). The van der Waals surface area contributed by atoms with Gasteiger partial charge >= 0.3 is 0 Å². The largest absolute Gasteiger partial charge is 0.497 e. The molecule has 1 N–H and O–H groups in total. The molecule has 156 valence electrons. The van der Waals surface area contributed by atoms with Crippen molar-refractivity contribution in [2.75, 3.05) is 23.3 Å². The molecular weight excluding hydrogens is 400 g/mol. The van der Waals surface area contributed by atoms with Crippen LogP contribution in [0.15, 0.2) is 77.7 Å². The van der Waals surface area contributed by atoms with E-state index in [1.54, 1.807) is 48.5 Å². The molecule has 3 aromatic rings. The van der Waals surface area contributed by atoms with E-state index in [1.807, 2.05) is 26.0 Å². The molecule has 0 spiro atoms. The third-order valence-electron chi connectivity index (χ3n) is 4.77. The van der Waals surface area contributed by atoms with Crippen molar-refractivity contribution in [3.63, 3.8) is 0 Å². The molecule has 0 aromatic heterocycles. The number of amides is 1. The average Bonchev–Trinajstić information content (AvgIpc) is 2.75. The maximum absolute atomic E-state index is 13.3. The molecular formula is C23H24N2O4S. The van der Waals surface area contributed by atoms with Gasteiger partial charge in [0.05, 0.1) is 17.7 Å². The first-order valence-corrected chi connectivity index (χ1v) is 10.8. The molecule has 0 fully saturated rings. The molecule has 0 radical (unpaired) electrons. The van der Waals surface area contributed by atoms with Gasteiger partial charge in [-0.25, -0.2) is 8.42 Å². The van der Waals surface area contributed by atoms with E-state index in [4.69, 9.17) is 4.74 Å². The number of nitrogens with one attached hydrogen (secondary N) is 1. The molecule has 0 atom stereocenters. The number of hydrogen-bond acceptors (Lipinski definition) is 4. The van der Waals surface area contributed by atoms with Crippen molar-refractivity contribution in [1.82, 2.24) is 0 Å². The van der Waals surface area contributed by atoms with E-state index in [-0.39, 0.29) is 11.4 Å². The van der Waals surface area contributed by atoms with Crippen molar-refractivity contribution in [2.45, 2.75) is 18.7 Å². The SMILES string of the molecule is COc1ccc(S(=O)(=O)N(CC(=O)Nc2ccc(C)c(C)c2)c2ccccc2)cc1. The average molecular weight is 425 g/mol. The number of benzene rings is 3. The molecule has 0 aliphatic heterocycles. The van der Waals surface area contributed by atoms with E-state index >= 15 is 0 Å². The van der Waals surface area contributed by atoms with Crippen molar-refractivity contribution in [1.29, 1.82) is 0 Å². The molecule has 3 rings (SSSR count). The number of para-hydroxylation sites is 1. The topological polar surface area (TPSA) is 75.7 Å². The Morgan fingerprint density at radius 1 is 0.933 bits per heavy atom. The number of carbonyl (C=O) groups excluding carboxylic acids is 1. The summed E-state index contributed by atoms with van der Waals surface area (Å²) in [5.41, 5.74) is 3.18. The summed E-state index contributed by atoms with van der Waals surface area (Å²) in [4.78, 5) is 12.8. The Bertz CT molecular complexity index is 1130. The highest BCUT2D eigenvalue weighted by Gasteiger charge is 2.27. The van der Waals surface area contributed by atoms with Crippen molar-refractivity contribution in [2.24, 2.45) is 0 Å². The van der Waals surface area contributed by atoms with E-state index in [9.17, 15) is 13.2 Å². The minimum absolute atomic E-state index is 0.0751. The maximum atomic E-state index is 13.3. The maximum Gasteiger partial charge on any atom is 0.264 e. The predicted molar refractivity (Wildman–Crippen MR) is 119 cm³/mol. The number of carbonyl (C=O) groups is 1. The Kier molecular flexibility index (Phi) is 6.42. The summed E-state index contributed by atoms with van der Waals surface area (Å²) in [5.74, 6) is 0.117. The van der Waals surface area contributed by atoms with Crippen LogP contribution in [0.1, 0.15) is 11.1 Å². The molecule has 30 heavy (non-hydrogen) atoms. The molecule has 0 aliphatic carbocycles. The number of hydrogen-bond donors (Lipinski definition) is 1. The van der Waals surface area contributed by atoms with Crippen LogP contribution >= 0.6 is 0 Å². The first-order valence-electron chi connectivity index (χ1n) is 9.40. The van der Waals surface area contributed by atoms with Crippen LogP contribution in [-0.2, 0) is 14.8 Å². The Morgan fingerprint density at radius 2 is 1.60 bits per heavy atom. The van der Waals surface area contributed by atoms with Gasteiger partial charge in [0.2, 0.25) is 5.91 Å². The molecule has 0 aliphatic rings. The van der Waals surface area contributed by atoms with E-state index in [0.29, 0.717) is 17.1 Å². The Balaban J connectivity index is 1.90. The van der Waals surface area contributed by atoms with Crippen LogP contribution < -0.4 is 14.4 Å². The predicted octanol–water partition coefficient (Wildman–Crippen LogP) is 4.15. The molecule has 0 unspecified atom stereocenters. The summed E-state index contributed by atoms with van der Waals surface area (Å²) in [6.45, 7) is 3.58. The third kappa shape index (κ3) is 4.80. The fraction of sp³-hybridized carbons (Fsp3) is 0.174. The Morgan fingerprint density at radius 3 is 2.20 bits per heavy atom. The van der Waals surface area contributed by atoms with Gasteiger partial charge in [0.25, 0.3) is 10.0 Å². The van der Waals surface area contributed by atoms with Crippen LogP contribution in [0, 0.1) is 13.8 Å². The highest BCUT2D eigenvalue weighted by atomic mass is 32.2. The van der Waals surface area contributed by atoms with Crippen LogP contribution in [-0.4, -0.2) is 28.0 Å². The molecule has 0 bridgehead atoms. The first kappa shape index (κ1) is 21.4. The molecule has 0 heterocycles. The lowest BCUT2D eigenvalue weighted by Crippen LogP contribution is -2.38. The quantitative estimate of drug-likeness (QED) is 0.618. The van der Waals surface area contributed by atoms with Gasteiger partial charge in [0.1, 0.15) is 12.3 Å². The summed E-state index contributed by atoms with van der Waals surface area (Å²) in [6, 6.07) is 20.2. The zero-order valence-electron chi connectivity index (χ0n) is 17.1. The van der Waals surface area contributed by atoms with Crippen LogP contribution in [0.25, 0.3) is 0 Å². The van der Waals surface area contributed by atoms with Crippen LogP contribution in [0.3, 0.4) is 0 Å². The summed E-state index contributed by atoms with van der Waals surface area (Å²) >= 11 is 0. The second-order valence-corrected chi connectivity index (χ2v) is 8.73. The first-order chi connectivity index (χ1) is 14.3. The fourth-order valence-corrected chi connectivity index (χ4v) is 4.36. The Hall–Kier alpha value is -3.32. The number of rotatable bonds is 7. The van der Waals surface area contributed by atoms with Gasteiger partial charge in [-0.15, -0.1) is 0 Å². The number of methoxy groups -OCH3 is 1. The number of ether oxygens (including phenoxy) is 1. The number of aryl methyl sites for hydroxylation is 2. The van der Waals surface area contributed by atoms with Gasteiger partial charge in [0.15, 0.2) is 0 Å². The molecule has 6 nitrogen and oxygen atoms in total. The van der Waals surface area contributed by atoms with Gasteiger partial charge in [-0.3, -0.25) is 9.10 Å². The molecule has 7 heteroatoms. The van der Waals surface area contributed by atoms with Crippen LogP contribution in [0.2, 0.25) is 0 Å². The second-order valence-electron chi connectivity index (χ2n) is 6.87. The number of nitrogens with zero attached hydrogens (tertiary/aromatic N) is 1. The molecule has 0 saturated heterocycles. The fourth-order valence-electron chi connectivity index (χ4n) is 2.93. The molecule has 3 aromatic carbocycles. The van der Waals surface area contributed by atoms with Gasteiger partial charge in [-0.05, 0) is 73.5 Å². The van der Waals surface area contributed by atoms with Crippen molar-refractivity contribution >= 4 is 27.3 Å². The molecule has 0 saturated carbocycles. The van der Waals surface area contributed by atoms with E-state index in [1.165, 1.54) is 19.2 Å². The Labute approximate surface area is 177 Å². The summed E-state index contributed by atoms with van der Waals surface area (Å²) in [5, 5.41) is 2.79. The smallest absolute Gasteiger partial charge is 0.264 e. The number of sulfonamides is 1. The number of anilines is 2. The van der Waals surface area contributed by atoms with Gasteiger partial charge in [0, 0.05) is 5.69 Å². The summed E-state index contributed by atoms with van der Waals surface area (Å²) < 4.78 is 32.9. The summed E-state index contributed by atoms with van der Waals surface area (Å²) in [6.07, 6.45) is 0. The minimum Gasteiger partial charge on any atom is -0.497 e. The van der Waals surface area contributed by atoms with Gasteiger partial charge in [-0.1, -0.05) is 24.3 Å². The highest BCUT2D eigenvalue weighted by Crippen LogP contribution is 2.25. The van der Waals surface area contributed by atoms with E-state index in [0.717, 1.165) is 15.4 Å². The van der Waals surface area contributed by atoms with E-state index in [2.05, 4.69) is 5.32 Å². The van der Waals surface area contributed by atoms with Crippen molar-refractivity contribution in [3.05, 3.63) is 83.9 Å². The van der Waals surface area contributed by atoms with E-state index < -0.39 is 15.9 Å². The van der Waals surface area contributed by atoms with Crippen LogP contribution in [0.4, 0.5) is 11.4 Å². The van der Waals surface area contributed by atoms with Crippen molar-refractivity contribution in [3.8, 4) is 5.75 Å². The normalized spacial score (nSPS) is 11.0. The highest BCUT2D eigenvalue weighted by molar-refractivity contribution is 7.92. The zero-order chi connectivity index (χ0) is 21.7. The lowest BCUT2D eigenvalue weighted by atomic mass is 10.1. The van der Waals surface area contributed by atoms with Gasteiger partial charge in [-0.2, -0.15) is 0 Å². The second kappa shape index (κ2) is 9.00. The lowest BCUT2D eigenvalue weighted by molar-refractivity contribution is -0.114. The van der Waals surface area contributed by atoms with Crippen LogP contribution in [0.5, 0.6) is 5.75 Å². The molecule has 1 amide bonds. The lowest BCUT2D eigenvalue weighted by Gasteiger charge is -2.24. The zero-order valence-corrected chi connectivity index (χ0v) is 17.9. The monoisotopic (exact) mass is 424 g/mol. The van der Waals surface area contributed by atoms with Gasteiger partial charge < -0.3 is 10.1 Å².